The average molecular weight is 254 g/mol. The lowest BCUT2D eigenvalue weighted by Crippen LogP contribution is -2.27. The minimum Gasteiger partial charge on any atom is -0.373 e. The number of anilines is 1. The van der Waals surface area contributed by atoms with Gasteiger partial charge < -0.3 is 10.6 Å². The van der Waals surface area contributed by atoms with E-state index in [1.54, 1.807) is 19.2 Å². The lowest BCUT2D eigenvalue weighted by molar-refractivity contribution is 0.0946. The first-order chi connectivity index (χ1) is 8.11. The quantitative estimate of drug-likeness (QED) is 0.865. The van der Waals surface area contributed by atoms with E-state index in [2.05, 4.69) is 22.5 Å². The topological polar surface area (TPSA) is 54.0 Å². The van der Waals surface area contributed by atoms with Crippen LogP contribution in [-0.4, -0.2) is 24.5 Å². The highest BCUT2D eigenvalue weighted by Gasteiger charge is 2.32. The molecule has 0 aromatic carbocycles. The lowest BCUT2D eigenvalue weighted by atomic mass is 10.3. The van der Waals surface area contributed by atoms with Crippen LogP contribution >= 0.6 is 11.6 Å². The highest BCUT2D eigenvalue weighted by atomic mass is 35.5. The van der Waals surface area contributed by atoms with Gasteiger partial charge in [0, 0.05) is 13.6 Å². The van der Waals surface area contributed by atoms with Crippen LogP contribution in [0.2, 0.25) is 5.02 Å². The zero-order valence-electron chi connectivity index (χ0n) is 9.96. The molecule has 17 heavy (non-hydrogen) atoms. The number of aromatic nitrogens is 1. The van der Waals surface area contributed by atoms with Crippen molar-refractivity contribution in [3.8, 4) is 0 Å². The summed E-state index contributed by atoms with van der Waals surface area (Å²) >= 11 is 5.96. The van der Waals surface area contributed by atoms with Crippen molar-refractivity contribution in [1.29, 1.82) is 0 Å². The molecule has 5 heteroatoms. The van der Waals surface area contributed by atoms with E-state index in [-0.39, 0.29) is 11.6 Å². The Morgan fingerprint density at radius 1 is 1.59 bits per heavy atom. The summed E-state index contributed by atoms with van der Waals surface area (Å²) in [7, 11) is 1.75. The summed E-state index contributed by atoms with van der Waals surface area (Å²) in [5, 5.41) is 6.13. The number of hydrogen-bond acceptors (Lipinski definition) is 3. The fourth-order valence-corrected chi connectivity index (χ4v) is 1.92. The minimum absolute atomic E-state index is 0.203. The number of rotatable bonds is 4. The van der Waals surface area contributed by atoms with Crippen molar-refractivity contribution in [1.82, 2.24) is 10.3 Å². The minimum atomic E-state index is -0.203. The van der Waals surface area contributed by atoms with E-state index >= 15 is 0 Å². The van der Waals surface area contributed by atoms with Gasteiger partial charge in [0.2, 0.25) is 0 Å². The monoisotopic (exact) mass is 253 g/mol. The maximum Gasteiger partial charge on any atom is 0.271 e. The van der Waals surface area contributed by atoms with Crippen molar-refractivity contribution in [2.45, 2.75) is 13.3 Å². The molecule has 1 amide bonds. The second-order valence-corrected chi connectivity index (χ2v) is 4.87. The van der Waals surface area contributed by atoms with Crippen molar-refractivity contribution in [3.63, 3.8) is 0 Å². The Morgan fingerprint density at radius 3 is 2.88 bits per heavy atom. The van der Waals surface area contributed by atoms with E-state index in [9.17, 15) is 4.79 Å². The van der Waals surface area contributed by atoms with Gasteiger partial charge in [-0.3, -0.25) is 4.79 Å². The Kier molecular flexibility index (Phi) is 3.52. The first kappa shape index (κ1) is 12.2. The zero-order valence-corrected chi connectivity index (χ0v) is 10.7. The highest BCUT2D eigenvalue weighted by Crippen LogP contribution is 2.36. The van der Waals surface area contributed by atoms with E-state index in [0.29, 0.717) is 23.3 Å². The van der Waals surface area contributed by atoms with Crippen molar-refractivity contribution in [2.75, 3.05) is 18.9 Å². The first-order valence-electron chi connectivity index (χ1n) is 5.74. The van der Waals surface area contributed by atoms with Gasteiger partial charge in [-0.2, -0.15) is 0 Å². The Morgan fingerprint density at radius 2 is 2.29 bits per heavy atom. The summed E-state index contributed by atoms with van der Waals surface area (Å²) in [6.07, 6.45) is 1.19. The number of carbonyl (C=O) groups is 1. The third-order valence-electron chi connectivity index (χ3n) is 3.12. The fraction of sp³-hybridized carbons (Fsp3) is 0.500. The molecule has 0 saturated heterocycles. The smallest absolute Gasteiger partial charge is 0.271 e. The second-order valence-electron chi connectivity index (χ2n) is 4.46. The van der Waals surface area contributed by atoms with Gasteiger partial charge in [0.05, 0.1) is 5.02 Å². The Balaban J connectivity index is 2.01. The SMILES string of the molecule is CNc1ccc(Cl)c(C(=O)NCC2CC2C)n1. The molecule has 0 radical (unpaired) electrons. The molecule has 1 aliphatic rings. The summed E-state index contributed by atoms with van der Waals surface area (Å²) < 4.78 is 0. The molecule has 0 aliphatic heterocycles. The molecule has 1 aromatic heterocycles. The summed E-state index contributed by atoms with van der Waals surface area (Å²) in [4.78, 5) is 16.0. The van der Waals surface area contributed by atoms with Crippen LogP contribution in [0.1, 0.15) is 23.8 Å². The van der Waals surface area contributed by atoms with Crippen molar-refractivity contribution in [2.24, 2.45) is 11.8 Å². The number of hydrogen-bond donors (Lipinski definition) is 2. The van der Waals surface area contributed by atoms with Gasteiger partial charge in [0.25, 0.3) is 5.91 Å². The third-order valence-corrected chi connectivity index (χ3v) is 3.42. The average Bonchev–Trinajstić information content (AvgIpc) is 3.03. The highest BCUT2D eigenvalue weighted by molar-refractivity contribution is 6.33. The predicted octanol–water partition coefficient (Wildman–Crippen LogP) is 2.16. The molecule has 2 N–H and O–H groups in total. The second kappa shape index (κ2) is 4.92. The van der Waals surface area contributed by atoms with Crippen LogP contribution in [0.4, 0.5) is 5.82 Å². The molecular formula is C12H16ClN3O. The van der Waals surface area contributed by atoms with Gasteiger partial charge in [0.15, 0.2) is 0 Å². The molecular weight excluding hydrogens is 238 g/mol. The number of halogens is 1. The van der Waals surface area contributed by atoms with Gasteiger partial charge in [-0.25, -0.2) is 4.98 Å². The van der Waals surface area contributed by atoms with E-state index in [0.717, 1.165) is 5.92 Å². The predicted molar refractivity (Wildman–Crippen MR) is 68.4 cm³/mol. The van der Waals surface area contributed by atoms with Gasteiger partial charge in [0.1, 0.15) is 11.5 Å². The normalized spacial score (nSPS) is 22.1. The van der Waals surface area contributed by atoms with Crippen LogP contribution in [0.15, 0.2) is 12.1 Å². The Bertz CT molecular complexity index is 436. The summed E-state index contributed by atoms with van der Waals surface area (Å²) in [5.41, 5.74) is 0.284. The maximum atomic E-state index is 11.9. The molecule has 1 saturated carbocycles. The maximum absolute atomic E-state index is 11.9. The van der Waals surface area contributed by atoms with Gasteiger partial charge in [-0.05, 0) is 30.4 Å². The van der Waals surface area contributed by atoms with E-state index in [1.807, 2.05) is 0 Å². The fourth-order valence-electron chi connectivity index (χ4n) is 1.73. The molecule has 0 bridgehead atoms. The van der Waals surface area contributed by atoms with Crippen molar-refractivity contribution in [3.05, 3.63) is 22.8 Å². The number of carbonyl (C=O) groups excluding carboxylic acids is 1. The molecule has 1 heterocycles. The van der Waals surface area contributed by atoms with E-state index in [4.69, 9.17) is 11.6 Å². The van der Waals surface area contributed by atoms with Crippen LogP contribution in [0.5, 0.6) is 0 Å². The lowest BCUT2D eigenvalue weighted by Gasteiger charge is -2.07. The summed E-state index contributed by atoms with van der Waals surface area (Å²) in [6.45, 7) is 2.89. The van der Waals surface area contributed by atoms with Crippen LogP contribution < -0.4 is 10.6 Å². The van der Waals surface area contributed by atoms with Crippen LogP contribution in [0.25, 0.3) is 0 Å². The first-order valence-corrected chi connectivity index (χ1v) is 6.12. The molecule has 1 aliphatic carbocycles. The molecule has 0 spiro atoms. The van der Waals surface area contributed by atoms with Gasteiger partial charge >= 0.3 is 0 Å². The molecule has 4 nitrogen and oxygen atoms in total. The number of pyridine rings is 1. The molecule has 1 aromatic rings. The molecule has 2 rings (SSSR count). The zero-order chi connectivity index (χ0) is 12.4. The van der Waals surface area contributed by atoms with Crippen molar-refractivity contribution >= 4 is 23.3 Å². The largest absolute Gasteiger partial charge is 0.373 e. The van der Waals surface area contributed by atoms with Crippen LogP contribution in [-0.2, 0) is 0 Å². The Labute approximate surface area is 106 Å². The van der Waals surface area contributed by atoms with Crippen LogP contribution in [0.3, 0.4) is 0 Å². The number of nitrogens with zero attached hydrogens (tertiary/aromatic N) is 1. The molecule has 2 unspecified atom stereocenters. The van der Waals surface area contributed by atoms with Crippen molar-refractivity contribution < 1.29 is 4.79 Å². The van der Waals surface area contributed by atoms with Gasteiger partial charge in [-0.15, -0.1) is 0 Å². The number of nitrogens with one attached hydrogen (secondary N) is 2. The summed E-state index contributed by atoms with van der Waals surface area (Å²) in [6, 6.07) is 3.41. The number of amides is 1. The molecule has 1 fully saturated rings. The Hall–Kier alpha value is -1.29. The van der Waals surface area contributed by atoms with E-state index in [1.165, 1.54) is 6.42 Å². The third kappa shape index (κ3) is 2.88. The molecule has 2 atom stereocenters. The van der Waals surface area contributed by atoms with Crippen LogP contribution in [0, 0.1) is 11.8 Å². The summed E-state index contributed by atoms with van der Waals surface area (Å²) in [5.74, 6) is 1.78. The van der Waals surface area contributed by atoms with E-state index < -0.39 is 0 Å². The molecule has 92 valence electrons. The standard InChI is InChI=1S/C12H16ClN3O/c1-7-5-8(7)6-15-12(17)11-9(13)3-4-10(14-2)16-11/h3-4,7-8H,5-6H2,1-2H3,(H,14,16)(H,15,17). The van der Waals surface area contributed by atoms with Gasteiger partial charge in [-0.1, -0.05) is 18.5 Å².